The molecule has 0 bridgehead atoms. The second kappa shape index (κ2) is 9.37. The normalized spacial score (nSPS) is 11.6. The van der Waals surface area contributed by atoms with Gasteiger partial charge in [-0.3, -0.25) is 4.79 Å². The van der Waals surface area contributed by atoms with Gasteiger partial charge in [-0.15, -0.1) is 0 Å². The Kier molecular flexibility index (Phi) is 9.08. The highest BCUT2D eigenvalue weighted by atomic mass is 16.2. The van der Waals surface area contributed by atoms with Gasteiger partial charge in [0.15, 0.2) is 0 Å². The number of nitrogens with zero attached hydrogens (tertiary/aromatic N) is 1. The summed E-state index contributed by atoms with van der Waals surface area (Å²) in [5.41, 5.74) is 0. The molecule has 0 aromatic rings. The lowest BCUT2D eigenvalue weighted by atomic mass is 9.95. The Balaban J connectivity index is 4.19. The van der Waals surface area contributed by atoms with Crippen LogP contribution in [0.4, 0.5) is 0 Å². The third-order valence-electron chi connectivity index (χ3n) is 3.17. The molecule has 3 heteroatoms. The molecule has 0 saturated heterocycles. The lowest BCUT2D eigenvalue weighted by molar-refractivity contribution is -0.130. The van der Waals surface area contributed by atoms with Crippen molar-refractivity contribution < 1.29 is 4.79 Å². The van der Waals surface area contributed by atoms with Crippen LogP contribution >= 0.6 is 0 Å². The monoisotopic (exact) mass is 256 g/mol. The molecule has 0 radical (unpaired) electrons. The van der Waals surface area contributed by atoms with E-state index in [-0.39, 0.29) is 5.91 Å². The van der Waals surface area contributed by atoms with Crippen molar-refractivity contribution in [3.05, 3.63) is 0 Å². The van der Waals surface area contributed by atoms with Crippen molar-refractivity contribution in [1.29, 1.82) is 0 Å². The Morgan fingerprint density at radius 1 is 1.00 bits per heavy atom. The Hall–Kier alpha value is -0.570. The van der Waals surface area contributed by atoms with Crippen LogP contribution in [0.2, 0.25) is 0 Å². The molecular formula is C15H32N2O. The summed E-state index contributed by atoms with van der Waals surface area (Å²) < 4.78 is 0. The molecule has 0 aromatic carbocycles. The number of nitrogens with one attached hydrogen (secondary N) is 1. The van der Waals surface area contributed by atoms with E-state index in [9.17, 15) is 4.79 Å². The van der Waals surface area contributed by atoms with Crippen molar-refractivity contribution in [2.45, 2.75) is 60.4 Å². The molecule has 3 nitrogen and oxygen atoms in total. The van der Waals surface area contributed by atoms with Gasteiger partial charge in [-0.05, 0) is 38.5 Å². The molecule has 0 aliphatic rings. The van der Waals surface area contributed by atoms with Crippen molar-refractivity contribution in [3.8, 4) is 0 Å². The molecule has 0 atom stereocenters. The first-order chi connectivity index (χ1) is 8.40. The van der Waals surface area contributed by atoms with Crippen LogP contribution in [0.5, 0.6) is 0 Å². The van der Waals surface area contributed by atoms with Gasteiger partial charge in [0.25, 0.3) is 0 Å². The third-order valence-corrected chi connectivity index (χ3v) is 3.17. The number of likely N-dealkylation sites (N-methyl/N-ethyl adjacent to an activating group) is 1. The van der Waals surface area contributed by atoms with E-state index in [1.54, 1.807) is 0 Å². The Bertz CT molecular complexity index is 213. The molecule has 1 N–H and O–H groups in total. The van der Waals surface area contributed by atoms with Crippen molar-refractivity contribution in [2.75, 3.05) is 19.6 Å². The van der Waals surface area contributed by atoms with Gasteiger partial charge >= 0.3 is 0 Å². The van der Waals surface area contributed by atoms with Crippen molar-refractivity contribution in [3.63, 3.8) is 0 Å². The van der Waals surface area contributed by atoms with Crippen LogP contribution in [0.15, 0.2) is 0 Å². The number of rotatable bonds is 9. The minimum absolute atomic E-state index is 0.220. The molecule has 0 aliphatic heterocycles. The topological polar surface area (TPSA) is 32.3 Å². The predicted molar refractivity (Wildman–Crippen MR) is 78.6 cm³/mol. The molecule has 108 valence electrons. The van der Waals surface area contributed by atoms with E-state index in [1.807, 2.05) is 18.7 Å². The van der Waals surface area contributed by atoms with Crippen molar-refractivity contribution >= 4 is 5.91 Å². The summed E-state index contributed by atoms with van der Waals surface area (Å²) in [7, 11) is 0. The van der Waals surface area contributed by atoms with Crippen LogP contribution in [-0.4, -0.2) is 36.5 Å². The molecule has 0 heterocycles. The third kappa shape index (κ3) is 7.70. The van der Waals surface area contributed by atoms with Crippen molar-refractivity contribution in [1.82, 2.24) is 10.2 Å². The van der Waals surface area contributed by atoms with Crippen LogP contribution in [0.25, 0.3) is 0 Å². The van der Waals surface area contributed by atoms with E-state index in [0.717, 1.165) is 25.9 Å². The molecule has 0 aliphatic carbocycles. The van der Waals surface area contributed by atoms with Crippen LogP contribution in [0, 0.1) is 11.8 Å². The summed E-state index contributed by atoms with van der Waals surface area (Å²) in [6.07, 6.45) is 2.29. The quantitative estimate of drug-likeness (QED) is 0.688. The minimum Gasteiger partial charge on any atom is -0.342 e. The van der Waals surface area contributed by atoms with Gasteiger partial charge in [0.1, 0.15) is 0 Å². The summed E-state index contributed by atoms with van der Waals surface area (Å²) in [5.74, 6) is 1.56. The van der Waals surface area contributed by atoms with E-state index in [2.05, 4.69) is 33.0 Å². The highest BCUT2D eigenvalue weighted by Crippen LogP contribution is 2.13. The summed E-state index contributed by atoms with van der Waals surface area (Å²) >= 11 is 0. The van der Waals surface area contributed by atoms with E-state index in [4.69, 9.17) is 0 Å². The molecule has 1 amide bonds. The van der Waals surface area contributed by atoms with Crippen LogP contribution in [-0.2, 0) is 4.79 Å². The SMILES string of the molecule is CCN(CC)C(=O)CNC(CC(C)C)CC(C)C. The maximum atomic E-state index is 11.9. The second-order valence-corrected chi connectivity index (χ2v) is 5.90. The Morgan fingerprint density at radius 3 is 1.78 bits per heavy atom. The number of hydrogen-bond acceptors (Lipinski definition) is 2. The molecule has 18 heavy (non-hydrogen) atoms. The van der Waals surface area contributed by atoms with E-state index < -0.39 is 0 Å². The van der Waals surface area contributed by atoms with Gasteiger partial charge in [-0.25, -0.2) is 0 Å². The summed E-state index contributed by atoms with van der Waals surface area (Å²) in [5, 5.41) is 3.44. The fraction of sp³-hybridized carbons (Fsp3) is 0.933. The van der Waals surface area contributed by atoms with Gasteiger partial charge < -0.3 is 10.2 Å². The van der Waals surface area contributed by atoms with E-state index in [1.165, 1.54) is 0 Å². The number of carbonyl (C=O) groups excluding carboxylic acids is 1. The fourth-order valence-electron chi connectivity index (χ4n) is 2.32. The summed E-state index contributed by atoms with van der Waals surface area (Å²) in [6, 6.07) is 0.463. The standard InChI is InChI=1S/C15H32N2O/c1-7-17(8-2)15(18)11-16-14(9-12(3)4)10-13(5)6/h12-14,16H,7-11H2,1-6H3. The van der Waals surface area contributed by atoms with E-state index in [0.29, 0.717) is 24.4 Å². The van der Waals surface area contributed by atoms with Gasteiger partial charge in [-0.2, -0.15) is 0 Å². The Morgan fingerprint density at radius 2 is 1.44 bits per heavy atom. The highest BCUT2D eigenvalue weighted by molar-refractivity contribution is 5.78. The number of hydrogen-bond donors (Lipinski definition) is 1. The molecule has 0 aromatic heterocycles. The van der Waals surface area contributed by atoms with E-state index >= 15 is 0 Å². The smallest absolute Gasteiger partial charge is 0.236 e. The zero-order valence-corrected chi connectivity index (χ0v) is 13.1. The molecule has 0 spiro atoms. The summed E-state index contributed by atoms with van der Waals surface area (Å²) in [6.45, 7) is 15.1. The average Bonchev–Trinajstić information content (AvgIpc) is 2.26. The van der Waals surface area contributed by atoms with Crippen LogP contribution < -0.4 is 5.32 Å². The first-order valence-corrected chi connectivity index (χ1v) is 7.41. The van der Waals surface area contributed by atoms with Crippen LogP contribution in [0.3, 0.4) is 0 Å². The van der Waals surface area contributed by atoms with Gasteiger partial charge in [-0.1, -0.05) is 27.7 Å². The lowest BCUT2D eigenvalue weighted by Crippen LogP contribution is -2.42. The predicted octanol–water partition coefficient (Wildman–Crippen LogP) is 2.91. The van der Waals surface area contributed by atoms with Gasteiger partial charge in [0.05, 0.1) is 6.54 Å². The Labute approximate surface area is 113 Å². The highest BCUT2D eigenvalue weighted by Gasteiger charge is 2.15. The molecule has 0 saturated carbocycles. The zero-order valence-electron chi connectivity index (χ0n) is 13.1. The molecule has 0 fully saturated rings. The minimum atomic E-state index is 0.220. The van der Waals surface area contributed by atoms with Gasteiger partial charge in [0, 0.05) is 19.1 Å². The average molecular weight is 256 g/mol. The maximum absolute atomic E-state index is 11.9. The molecule has 0 rings (SSSR count). The zero-order chi connectivity index (χ0) is 14.1. The molecular weight excluding hydrogens is 224 g/mol. The second-order valence-electron chi connectivity index (χ2n) is 5.90. The molecule has 0 unspecified atom stereocenters. The summed E-state index contributed by atoms with van der Waals surface area (Å²) in [4.78, 5) is 13.8. The first kappa shape index (κ1) is 17.4. The first-order valence-electron chi connectivity index (χ1n) is 7.41. The fourth-order valence-corrected chi connectivity index (χ4v) is 2.32. The largest absolute Gasteiger partial charge is 0.342 e. The number of amides is 1. The maximum Gasteiger partial charge on any atom is 0.236 e. The van der Waals surface area contributed by atoms with Crippen LogP contribution in [0.1, 0.15) is 54.4 Å². The van der Waals surface area contributed by atoms with Crippen molar-refractivity contribution in [2.24, 2.45) is 11.8 Å². The lowest BCUT2D eigenvalue weighted by Gasteiger charge is -2.24. The van der Waals surface area contributed by atoms with Gasteiger partial charge in [0.2, 0.25) is 5.91 Å². The number of carbonyl (C=O) groups is 1.